The minimum atomic E-state index is -0.352. The zero-order valence-electron chi connectivity index (χ0n) is 14.3. The van der Waals surface area contributed by atoms with Gasteiger partial charge in [0.1, 0.15) is 17.1 Å². The van der Waals surface area contributed by atoms with E-state index in [2.05, 4.69) is 15.0 Å². The molecule has 3 aromatic heterocycles. The molecule has 0 unspecified atom stereocenters. The van der Waals surface area contributed by atoms with Crippen LogP contribution in [0.3, 0.4) is 0 Å². The van der Waals surface area contributed by atoms with E-state index in [0.717, 1.165) is 48.4 Å². The number of nitrogens with zero attached hydrogens (tertiary/aromatic N) is 4. The van der Waals surface area contributed by atoms with Crippen LogP contribution in [0.5, 0.6) is 0 Å². The standard InChI is InChI=1S/C18H20N4O3/c1-21-15(18(23)24-2)11-14(20-21)12-4-8-22(9-5-12)17-13-6-10-25-16(13)3-7-19-17/h3,6-7,10-12H,4-5,8-9H2,1-2H3. The molecule has 0 N–H and O–H groups in total. The minimum absolute atomic E-state index is 0.337. The highest BCUT2D eigenvalue weighted by Crippen LogP contribution is 2.32. The van der Waals surface area contributed by atoms with E-state index < -0.39 is 0 Å². The van der Waals surface area contributed by atoms with Gasteiger partial charge in [0.2, 0.25) is 0 Å². The molecule has 7 nitrogen and oxygen atoms in total. The van der Waals surface area contributed by atoms with Gasteiger partial charge in [-0.25, -0.2) is 9.78 Å². The van der Waals surface area contributed by atoms with Crippen molar-refractivity contribution in [2.45, 2.75) is 18.8 Å². The van der Waals surface area contributed by atoms with E-state index in [1.807, 2.05) is 18.2 Å². The summed E-state index contributed by atoms with van der Waals surface area (Å²) < 4.78 is 11.9. The van der Waals surface area contributed by atoms with Crippen LogP contribution in [0.2, 0.25) is 0 Å². The summed E-state index contributed by atoms with van der Waals surface area (Å²) in [6.07, 6.45) is 5.42. The predicted molar refractivity (Wildman–Crippen MR) is 92.7 cm³/mol. The number of ether oxygens (including phenoxy) is 1. The Balaban J connectivity index is 1.50. The lowest BCUT2D eigenvalue weighted by atomic mass is 9.93. The van der Waals surface area contributed by atoms with E-state index in [1.165, 1.54) is 7.11 Å². The van der Waals surface area contributed by atoms with Gasteiger partial charge < -0.3 is 14.1 Å². The number of carbonyl (C=O) groups is 1. The zero-order chi connectivity index (χ0) is 17.4. The van der Waals surface area contributed by atoms with Crippen molar-refractivity contribution in [2.75, 3.05) is 25.1 Å². The van der Waals surface area contributed by atoms with Crippen LogP contribution in [-0.4, -0.2) is 40.9 Å². The van der Waals surface area contributed by atoms with Gasteiger partial charge in [0.05, 0.1) is 24.5 Å². The molecule has 1 aliphatic rings. The largest absolute Gasteiger partial charge is 0.464 e. The Morgan fingerprint density at radius 2 is 2.12 bits per heavy atom. The summed E-state index contributed by atoms with van der Waals surface area (Å²) in [7, 11) is 3.16. The Morgan fingerprint density at radius 1 is 1.32 bits per heavy atom. The maximum absolute atomic E-state index is 11.8. The summed E-state index contributed by atoms with van der Waals surface area (Å²) in [6.45, 7) is 1.79. The van der Waals surface area contributed by atoms with Crippen LogP contribution < -0.4 is 4.90 Å². The van der Waals surface area contributed by atoms with Gasteiger partial charge in [-0.2, -0.15) is 5.10 Å². The molecule has 1 saturated heterocycles. The molecule has 1 fully saturated rings. The molecule has 0 bridgehead atoms. The molecule has 0 spiro atoms. The average Bonchev–Trinajstić information content (AvgIpc) is 3.27. The van der Waals surface area contributed by atoms with Crippen molar-refractivity contribution < 1.29 is 13.9 Å². The molecule has 0 aromatic carbocycles. The van der Waals surface area contributed by atoms with E-state index in [4.69, 9.17) is 9.15 Å². The Bertz CT molecular complexity index is 906. The first kappa shape index (κ1) is 15.7. The van der Waals surface area contributed by atoms with Gasteiger partial charge in [-0.1, -0.05) is 0 Å². The lowest BCUT2D eigenvalue weighted by molar-refractivity contribution is 0.0588. The quantitative estimate of drug-likeness (QED) is 0.683. The summed E-state index contributed by atoms with van der Waals surface area (Å²) in [5, 5.41) is 5.56. The van der Waals surface area contributed by atoms with Crippen LogP contribution in [0.1, 0.15) is 34.9 Å². The fourth-order valence-electron chi connectivity index (χ4n) is 3.50. The minimum Gasteiger partial charge on any atom is -0.464 e. The van der Waals surface area contributed by atoms with Gasteiger partial charge in [0, 0.05) is 32.3 Å². The third-order valence-electron chi connectivity index (χ3n) is 4.86. The molecule has 4 heterocycles. The van der Waals surface area contributed by atoms with Crippen LogP contribution >= 0.6 is 0 Å². The normalized spacial score (nSPS) is 15.7. The number of methoxy groups -OCH3 is 1. The van der Waals surface area contributed by atoms with Crippen LogP contribution in [0.4, 0.5) is 5.82 Å². The molecule has 0 amide bonds. The number of anilines is 1. The molecular weight excluding hydrogens is 320 g/mol. The molecule has 130 valence electrons. The van der Waals surface area contributed by atoms with Crippen LogP contribution in [0.15, 0.2) is 35.1 Å². The third-order valence-corrected chi connectivity index (χ3v) is 4.86. The van der Waals surface area contributed by atoms with Gasteiger partial charge in [-0.05, 0) is 31.0 Å². The van der Waals surface area contributed by atoms with Crippen LogP contribution in [-0.2, 0) is 11.8 Å². The van der Waals surface area contributed by atoms with E-state index in [0.29, 0.717) is 11.6 Å². The summed E-state index contributed by atoms with van der Waals surface area (Å²) in [5.41, 5.74) is 2.31. The monoisotopic (exact) mass is 340 g/mol. The van der Waals surface area contributed by atoms with Gasteiger partial charge in [-0.15, -0.1) is 0 Å². The Kier molecular flexibility index (Phi) is 3.91. The molecule has 25 heavy (non-hydrogen) atoms. The number of pyridine rings is 1. The molecule has 3 aromatic rings. The number of fused-ring (bicyclic) bond motifs is 1. The maximum Gasteiger partial charge on any atom is 0.356 e. The summed E-state index contributed by atoms with van der Waals surface area (Å²) in [6, 6.07) is 5.69. The lowest BCUT2D eigenvalue weighted by Gasteiger charge is -2.32. The highest BCUT2D eigenvalue weighted by Gasteiger charge is 2.26. The molecule has 0 saturated carbocycles. The molecule has 0 atom stereocenters. The molecule has 0 radical (unpaired) electrons. The predicted octanol–water partition coefficient (Wildman–Crippen LogP) is 2.73. The lowest BCUT2D eigenvalue weighted by Crippen LogP contribution is -2.33. The second kappa shape index (κ2) is 6.23. The number of aryl methyl sites for hydroxylation is 1. The number of hydrogen-bond donors (Lipinski definition) is 0. The second-order valence-corrected chi connectivity index (χ2v) is 6.30. The number of esters is 1. The molecule has 1 aliphatic heterocycles. The van der Waals surface area contributed by atoms with Crippen molar-refractivity contribution in [3.63, 3.8) is 0 Å². The molecular formula is C18H20N4O3. The van der Waals surface area contributed by atoms with E-state index in [-0.39, 0.29) is 5.97 Å². The number of piperidine rings is 1. The number of furan rings is 1. The number of rotatable bonds is 3. The SMILES string of the molecule is COC(=O)c1cc(C2CCN(c3nccc4occc34)CC2)nn1C. The molecule has 0 aliphatic carbocycles. The van der Waals surface area contributed by atoms with Gasteiger partial charge in [0.25, 0.3) is 0 Å². The van der Waals surface area contributed by atoms with E-state index in [1.54, 1.807) is 24.2 Å². The molecule has 4 rings (SSSR count). The van der Waals surface area contributed by atoms with Gasteiger partial charge in [0.15, 0.2) is 0 Å². The number of aromatic nitrogens is 3. The topological polar surface area (TPSA) is 73.4 Å². The van der Waals surface area contributed by atoms with E-state index >= 15 is 0 Å². The average molecular weight is 340 g/mol. The van der Waals surface area contributed by atoms with E-state index in [9.17, 15) is 4.79 Å². The first-order valence-corrected chi connectivity index (χ1v) is 8.37. The maximum atomic E-state index is 11.8. The summed E-state index contributed by atoms with van der Waals surface area (Å²) in [4.78, 5) is 18.6. The third kappa shape index (κ3) is 2.75. The Morgan fingerprint density at radius 3 is 2.88 bits per heavy atom. The van der Waals surface area contributed by atoms with Crippen LogP contribution in [0.25, 0.3) is 11.0 Å². The smallest absolute Gasteiger partial charge is 0.356 e. The number of carbonyl (C=O) groups excluding carboxylic acids is 1. The van der Waals surface area contributed by atoms with Crippen molar-refractivity contribution in [3.05, 3.63) is 42.0 Å². The van der Waals surface area contributed by atoms with Crippen LogP contribution in [0, 0.1) is 0 Å². The van der Waals surface area contributed by atoms with Crippen molar-refractivity contribution in [1.82, 2.24) is 14.8 Å². The first-order chi connectivity index (χ1) is 12.2. The summed E-state index contributed by atoms with van der Waals surface area (Å²) >= 11 is 0. The first-order valence-electron chi connectivity index (χ1n) is 8.37. The fourth-order valence-corrected chi connectivity index (χ4v) is 3.50. The fraction of sp³-hybridized carbons (Fsp3) is 0.389. The van der Waals surface area contributed by atoms with Crippen molar-refractivity contribution in [3.8, 4) is 0 Å². The second-order valence-electron chi connectivity index (χ2n) is 6.30. The summed E-state index contributed by atoms with van der Waals surface area (Å²) in [5.74, 6) is 0.958. The Labute approximate surface area is 145 Å². The van der Waals surface area contributed by atoms with Crippen molar-refractivity contribution in [1.29, 1.82) is 0 Å². The number of hydrogen-bond acceptors (Lipinski definition) is 6. The van der Waals surface area contributed by atoms with Crippen molar-refractivity contribution >= 4 is 22.8 Å². The highest BCUT2D eigenvalue weighted by atomic mass is 16.5. The Hall–Kier alpha value is -2.83. The molecule has 7 heteroatoms. The highest BCUT2D eigenvalue weighted by molar-refractivity contribution is 5.88. The van der Waals surface area contributed by atoms with Gasteiger partial charge >= 0.3 is 5.97 Å². The zero-order valence-corrected chi connectivity index (χ0v) is 14.3. The van der Waals surface area contributed by atoms with Gasteiger partial charge in [-0.3, -0.25) is 4.68 Å². The van der Waals surface area contributed by atoms with Crippen molar-refractivity contribution in [2.24, 2.45) is 7.05 Å².